The number of carbonyl (C=O) groups excluding carboxylic acids is 1. The molecule has 0 radical (unpaired) electrons. The fourth-order valence-electron chi connectivity index (χ4n) is 2.86. The third-order valence-corrected chi connectivity index (χ3v) is 4.08. The van der Waals surface area contributed by atoms with Crippen LogP contribution in [0.5, 0.6) is 0 Å². The fraction of sp³-hybridized carbons (Fsp3) is 0.867. The topological polar surface area (TPSA) is 69.6 Å². The molecule has 20 heavy (non-hydrogen) atoms. The molecule has 0 heterocycles. The molecule has 0 bridgehead atoms. The zero-order chi connectivity index (χ0) is 15.3. The summed E-state index contributed by atoms with van der Waals surface area (Å²) in [5.74, 6) is -0.0937. The lowest BCUT2D eigenvalue weighted by molar-refractivity contribution is -0.139. The number of rotatable bonds is 5. The number of aliphatic carboxylic acids is 1. The van der Waals surface area contributed by atoms with Crippen molar-refractivity contribution < 1.29 is 14.7 Å². The minimum atomic E-state index is -0.961. The maximum atomic E-state index is 12.2. The van der Waals surface area contributed by atoms with Crippen LogP contribution in [-0.4, -0.2) is 41.1 Å². The van der Waals surface area contributed by atoms with E-state index in [9.17, 15) is 14.7 Å². The first-order chi connectivity index (χ1) is 9.31. The van der Waals surface area contributed by atoms with Crippen molar-refractivity contribution in [2.75, 3.05) is 7.05 Å². The van der Waals surface area contributed by atoms with Crippen LogP contribution in [0.3, 0.4) is 0 Å². The molecule has 0 saturated heterocycles. The van der Waals surface area contributed by atoms with Crippen molar-refractivity contribution in [2.45, 2.75) is 65.0 Å². The first-order valence-corrected chi connectivity index (χ1v) is 7.57. The molecule has 1 fully saturated rings. The molecule has 3 unspecified atom stereocenters. The number of carbonyl (C=O) groups is 2. The minimum absolute atomic E-state index is 0.229. The summed E-state index contributed by atoms with van der Waals surface area (Å²) < 4.78 is 0. The molecule has 1 saturated carbocycles. The summed E-state index contributed by atoms with van der Waals surface area (Å²) in [6, 6.07) is -0.838. The number of hydrogen-bond donors (Lipinski definition) is 2. The molecule has 1 aliphatic carbocycles. The van der Waals surface area contributed by atoms with Crippen LogP contribution in [0.2, 0.25) is 0 Å². The Morgan fingerprint density at radius 2 is 2.00 bits per heavy atom. The van der Waals surface area contributed by atoms with Gasteiger partial charge in [-0.05, 0) is 31.1 Å². The Morgan fingerprint density at radius 3 is 2.50 bits per heavy atom. The Hall–Kier alpha value is -1.26. The van der Waals surface area contributed by atoms with Gasteiger partial charge in [0, 0.05) is 13.1 Å². The molecule has 1 aliphatic rings. The first-order valence-electron chi connectivity index (χ1n) is 7.57. The van der Waals surface area contributed by atoms with Crippen LogP contribution in [0.4, 0.5) is 4.79 Å². The number of carboxylic acids is 1. The monoisotopic (exact) mass is 284 g/mol. The van der Waals surface area contributed by atoms with E-state index in [1.807, 2.05) is 13.8 Å². The van der Waals surface area contributed by atoms with Gasteiger partial charge >= 0.3 is 12.0 Å². The number of amides is 2. The van der Waals surface area contributed by atoms with Gasteiger partial charge in [-0.25, -0.2) is 9.59 Å². The van der Waals surface area contributed by atoms with Gasteiger partial charge in [-0.3, -0.25) is 0 Å². The van der Waals surface area contributed by atoms with E-state index >= 15 is 0 Å². The van der Waals surface area contributed by atoms with Crippen molar-refractivity contribution in [2.24, 2.45) is 11.8 Å². The molecule has 2 amide bonds. The second-order valence-electron chi connectivity index (χ2n) is 6.51. The van der Waals surface area contributed by atoms with Crippen LogP contribution in [0.1, 0.15) is 52.9 Å². The summed E-state index contributed by atoms with van der Waals surface area (Å²) in [7, 11) is 1.77. The Balaban J connectivity index is 2.56. The zero-order valence-electron chi connectivity index (χ0n) is 13.1. The Labute approximate surface area is 121 Å². The van der Waals surface area contributed by atoms with Crippen molar-refractivity contribution in [1.82, 2.24) is 10.2 Å². The van der Waals surface area contributed by atoms with Gasteiger partial charge in [-0.15, -0.1) is 0 Å². The molecule has 0 aromatic carbocycles. The lowest BCUT2D eigenvalue weighted by atomic mass is 9.86. The molecule has 0 aromatic rings. The number of urea groups is 1. The molecule has 0 aromatic heterocycles. The Bertz CT molecular complexity index is 344. The molecular formula is C15H28N2O3. The van der Waals surface area contributed by atoms with Crippen molar-refractivity contribution in [1.29, 1.82) is 0 Å². The quantitative estimate of drug-likeness (QED) is 0.815. The van der Waals surface area contributed by atoms with Gasteiger partial charge in [-0.1, -0.05) is 33.6 Å². The average molecular weight is 284 g/mol. The highest BCUT2D eigenvalue weighted by Gasteiger charge is 2.28. The summed E-state index contributed by atoms with van der Waals surface area (Å²) in [5, 5.41) is 11.8. The number of nitrogens with zero attached hydrogens (tertiary/aromatic N) is 1. The highest BCUT2D eigenvalue weighted by atomic mass is 16.4. The molecule has 0 aliphatic heterocycles. The predicted molar refractivity (Wildman–Crippen MR) is 78.6 cm³/mol. The molecule has 1 rings (SSSR count). The highest BCUT2D eigenvalue weighted by molar-refractivity contribution is 5.82. The lowest BCUT2D eigenvalue weighted by Crippen LogP contribution is -2.50. The molecular weight excluding hydrogens is 256 g/mol. The molecule has 5 heteroatoms. The summed E-state index contributed by atoms with van der Waals surface area (Å²) in [6.07, 6.45) is 4.83. The molecule has 116 valence electrons. The van der Waals surface area contributed by atoms with E-state index in [1.165, 1.54) is 6.42 Å². The van der Waals surface area contributed by atoms with E-state index in [0.29, 0.717) is 12.3 Å². The zero-order valence-corrected chi connectivity index (χ0v) is 13.1. The van der Waals surface area contributed by atoms with Crippen LogP contribution in [0.15, 0.2) is 0 Å². The summed E-state index contributed by atoms with van der Waals surface area (Å²) in [4.78, 5) is 25.1. The highest BCUT2D eigenvalue weighted by Crippen LogP contribution is 2.26. The van der Waals surface area contributed by atoms with Gasteiger partial charge in [0.15, 0.2) is 0 Å². The summed E-state index contributed by atoms with van der Waals surface area (Å²) >= 11 is 0. The summed E-state index contributed by atoms with van der Waals surface area (Å²) in [5.41, 5.74) is 0. The molecule has 0 spiro atoms. The van der Waals surface area contributed by atoms with Crippen LogP contribution in [0.25, 0.3) is 0 Å². The SMILES string of the molecule is CC(C)CC(NC(=O)N(C)C1CCCC(C)C1)C(=O)O. The Kier molecular flexibility index (Phi) is 6.30. The maximum absolute atomic E-state index is 12.2. The summed E-state index contributed by atoms with van der Waals surface area (Å²) in [6.45, 7) is 6.11. The second kappa shape index (κ2) is 7.50. The van der Waals surface area contributed by atoms with E-state index < -0.39 is 12.0 Å². The van der Waals surface area contributed by atoms with Gasteiger partial charge < -0.3 is 15.3 Å². The van der Waals surface area contributed by atoms with Crippen molar-refractivity contribution in [3.05, 3.63) is 0 Å². The van der Waals surface area contributed by atoms with Crippen molar-refractivity contribution >= 4 is 12.0 Å². The molecule has 5 nitrogen and oxygen atoms in total. The normalized spacial score (nSPS) is 24.2. The number of carboxylic acid groups (broad SMARTS) is 1. The second-order valence-corrected chi connectivity index (χ2v) is 6.51. The van der Waals surface area contributed by atoms with Crippen molar-refractivity contribution in [3.8, 4) is 0 Å². The number of hydrogen-bond acceptors (Lipinski definition) is 2. The van der Waals surface area contributed by atoms with Gasteiger partial charge in [0.25, 0.3) is 0 Å². The van der Waals surface area contributed by atoms with Crippen LogP contribution in [0, 0.1) is 11.8 Å². The van der Waals surface area contributed by atoms with Gasteiger partial charge in [0.1, 0.15) is 6.04 Å². The Morgan fingerprint density at radius 1 is 1.35 bits per heavy atom. The average Bonchev–Trinajstić information content (AvgIpc) is 2.36. The lowest BCUT2D eigenvalue weighted by Gasteiger charge is -2.34. The van der Waals surface area contributed by atoms with Gasteiger partial charge in [0.2, 0.25) is 0 Å². The van der Waals surface area contributed by atoms with Crippen LogP contribution < -0.4 is 5.32 Å². The van der Waals surface area contributed by atoms with E-state index in [1.54, 1.807) is 11.9 Å². The fourth-order valence-corrected chi connectivity index (χ4v) is 2.86. The first kappa shape index (κ1) is 16.8. The predicted octanol–water partition coefficient (Wildman–Crippen LogP) is 2.71. The van der Waals surface area contributed by atoms with E-state index in [0.717, 1.165) is 19.3 Å². The third-order valence-electron chi connectivity index (χ3n) is 4.08. The molecule has 3 atom stereocenters. The maximum Gasteiger partial charge on any atom is 0.326 e. The smallest absolute Gasteiger partial charge is 0.326 e. The van der Waals surface area contributed by atoms with Crippen LogP contribution in [-0.2, 0) is 4.79 Å². The largest absolute Gasteiger partial charge is 0.480 e. The van der Waals surface area contributed by atoms with E-state index in [2.05, 4.69) is 12.2 Å². The van der Waals surface area contributed by atoms with Gasteiger partial charge in [0.05, 0.1) is 0 Å². The third kappa shape index (κ3) is 5.02. The van der Waals surface area contributed by atoms with Crippen LogP contribution >= 0.6 is 0 Å². The minimum Gasteiger partial charge on any atom is -0.480 e. The van der Waals surface area contributed by atoms with E-state index in [-0.39, 0.29) is 18.0 Å². The number of nitrogens with one attached hydrogen (secondary N) is 1. The van der Waals surface area contributed by atoms with Gasteiger partial charge in [-0.2, -0.15) is 0 Å². The standard InChI is InChI=1S/C15H28N2O3/c1-10(2)8-13(14(18)19)16-15(20)17(4)12-7-5-6-11(3)9-12/h10-13H,5-9H2,1-4H3,(H,16,20)(H,18,19). The molecule has 2 N–H and O–H groups in total. The van der Waals surface area contributed by atoms with E-state index in [4.69, 9.17) is 0 Å². The van der Waals surface area contributed by atoms with Crippen molar-refractivity contribution in [3.63, 3.8) is 0 Å².